The van der Waals surface area contributed by atoms with E-state index in [1.54, 1.807) is 12.1 Å². The van der Waals surface area contributed by atoms with Gasteiger partial charge in [0.05, 0.1) is 0 Å². The number of hydrogen-bond donors (Lipinski definition) is 0. The van der Waals surface area contributed by atoms with Crippen LogP contribution in [0.3, 0.4) is 0 Å². The van der Waals surface area contributed by atoms with E-state index in [1.165, 1.54) is 0 Å². The lowest BCUT2D eigenvalue weighted by molar-refractivity contribution is 0.414. The SMILES string of the molecule is Brc1ccc(-c2nc(-c3ccc(-n4cccc4)cc3)no2)o1. The topological polar surface area (TPSA) is 57.0 Å². The third-order valence-electron chi connectivity index (χ3n) is 3.24. The van der Waals surface area contributed by atoms with E-state index in [0.717, 1.165) is 11.3 Å². The van der Waals surface area contributed by atoms with E-state index in [0.29, 0.717) is 22.1 Å². The number of furan rings is 1. The van der Waals surface area contributed by atoms with Gasteiger partial charge in [0.2, 0.25) is 5.82 Å². The highest BCUT2D eigenvalue weighted by atomic mass is 79.9. The van der Waals surface area contributed by atoms with Crippen molar-refractivity contribution in [3.63, 3.8) is 0 Å². The number of hydrogen-bond acceptors (Lipinski definition) is 4. The van der Waals surface area contributed by atoms with Crippen LogP contribution in [0, 0.1) is 0 Å². The highest BCUT2D eigenvalue weighted by molar-refractivity contribution is 9.10. The van der Waals surface area contributed by atoms with Crippen molar-refractivity contribution in [2.24, 2.45) is 0 Å². The molecule has 3 aromatic heterocycles. The first-order valence-electron chi connectivity index (χ1n) is 6.63. The van der Waals surface area contributed by atoms with E-state index in [1.807, 2.05) is 53.4 Å². The maximum atomic E-state index is 5.40. The van der Waals surface area contributed by atoms with Crippen LogP contribution in [-0.4, -0.2) is 14.7 Å². The molecule has 0 bridgehead atoms. The summed E-state index contributed by atoms with van der Waals surface area (Å²) in [7, 11) is 0. The molecule has 0 saturated heterocycles. The smallest absolute Gasteiger partial charge is 0.293 e. The lowest BCUT2D eigenvalue weighted by atomic mass is 10.2. The highest BCUT2D eigenvalue weighted by Gasteiger charge is 2.13. The second-order valence-electron chi connectivity index (χ2n) is 4.66. The van der Waals surface area contributed by atoms with Crippen LogP contribution in [0.4, 0.5) is 0 Å². The van der Waals surface area contributed by atoms with Crippen LogP contribution in [0.2, 0.25) is 0 Å². The van der Waals surface area contributed by atoms with Crippen LogP contribution in [0.5, 0.6) is 0 Å². The highest BCUT2D eigenvalue weighted by Crippen LogP contribution is 2.26. The zero-order valence-corrected chi connectivity index (χ0v) is 12.9. The molecule has 3 heterocycles. The van der Waals surface area contributed by atoms with E-state index in [9.17, 15) is 0 Å². The van der Waals surface area contributed by atoms with Gasteiger partial charge in [-0.1, -0.05) is 5.16 Å². The van der Waals surface area contributed by atoms with Crippen LogP contribution in [0.1, 0.15) is 0 Å². The molecule has 0 saturated carbocycles. The monoisotopic (exact) mass is 355 g/mol. The van der Waals surface area contributed by atoms with E-state index in [-0.39, 0.29) is 0 Å². The van der Waals surface area contributed by atoms with Gasteiger partial charge in [-0.25, -0.2) is 0 Å². The van der Waals surface area contributed by atoms with Gasteiger partial charge in [0.15, 0.2) is 10.4 Å². The van der Waals surface area contributed by atoms with Gasteiger partial charge in [-0.05, 0) is 64.5 Å². The number of nitrogens with zero attached hydrogens (tertiary/aromatic N) is 3. The summed E-state index contributed by atoms with van der Waals surface area (Å²) in [5, 5.41) is 4.00. The van der Waals surface area contributed by atoms with Crippen molar-refractivity contribution in [3.8, 4) is 28.7 Å². The largest absolute Gasteiger partial charge is 0.444 e. The molecule has 0 amide bonds. The summed E-state index contributed by atoms with van der Waals surface area (Å²) in [6.07, 6.45) is 3.99. The molecule has 0 aliphatic heterocycles. The second kappa shape index (κ2) is 5.31. The number of aromatic nitrogens is 3. The quantitative estimate of drug-likeness (QED) is 0.540. The molecule has 0 spiro atoms. The summed E-state index contributed by atoms with van der Waals surface area (Å²) in [4.78, 5) is 4.36. The molecule has 108 valence electrons. The third-order valence-corrected chi connectivity index (χ3v) is 3.66. The fourth-order valence-electron chi connectivity index (χ4n) is 2.16. The molecule has 5 nitrogen and oxygen atoms in total. The Hall–Kier alpha value is -2.60. The standard InChI is InChI=1S/C16H10BrN3O2/c17-14-8-7-13(21-14)16-18-15(19-22-16)11-3-5-12(6-4-11)20-9-1-2-10-20/h1-10H. The van der Waals surface area contributed by atoms with Gasteiger partial charge in [0.25, 0.3) is 5.89 Å². The molecule has 22 heavy (non-hydrogen) atoms. The van der Waals surface area contributed by atoms with Gasteiger partial charge < -0.3 is 13.5 Å². The molecular weight excluding hydrogens is 346 g/mol. The van der Waals surface area contributed by atoms with Gasteiger partial charge in [0, 0.05) is 23.6 Å². The van der Waals surface area contributed by atoms with Crippen molar-refractivity contribution >= 4 is 15.9 Å². The zero-order chi connectivity index (χ0) is 14.9. The van der Waals surface area contributed by atoms with Gasteiger partial charge in [0.1, 0.15) is 0 Å². The number of halogens is 1. The number of rotatable bonds is 3. The third kappa shape index (κ3) is 2.37. The first-order valence-corrected chi connectivity index (χ1v) is 7.42. The minimum atomic E-state index is 0.357. The Morgan fingerprint density at radius 1 is 0.955 bits per heavy atom. The molecule has 0 radical (unpaired) electrons. The minimum absolute atomic E-state index is 0.357. The zero-order valence-electron chi connectivity index (χ0n) is 11.3. The van der Waals surface area contributed by atoms with Crippen molar-refractivity contribution in [1.82, 2.24) is 14.7 Å². The Morgan fingerprint density at radius 2 is 1.73 bits per heavy atom. The Labute approximate surface area is 134 Å². The fraction of sp³-hybridized carbons (Fsp3) is 0. The van der Waals surface area contributed by atoms with Crippen molar-refractivity contribution in [3.05, 3.63) is 65.6 Å². The average molecular weight is 356 g/mol. The summed E-state index contributed by atoms with van der Waals surface area (Å²) in [6, 6.07) is 15.5. The molecule has 0 aliphatic rings. The predicted octanol–water partition coefficient (Wildman–Crippen LogP) is 4.55. The Morgan fingerprint density at radius 3 is 2.41 bits per heavy atom. The van der Waals surface area contributed by atoms with Crippen molar-refractivity contribution in [2.75, 3.05) is 0 Å². The average Bonchev–Trinajstić information content (AvgIpc) is 3.28. The van der Waals surface area contributed by atoms with Gasteiger partial charge in [-0.2, -0.15) is 4.98 Å². The summed E-state index contributed by atoms with van der Waals surface area (Å²) in [5.41, 5.74) is 1.96. The fourth-order valence-corrected chi connectivity index (χ4v) is 2.47. The molecule has 0 N–H and O–H groups in total. The second-order valence-corrected chi connectivity index (χ2v) is 5.45. The summed E-state index contributed by atoms with van der Waals surface area (Å²) in [6.45, 7) is 0. The molecule has 0 aliphatic carbocycles. The molecule has 4 aromatic rings. The minimum Gasteiger partial charge on any atom is -0.444 e. The van der Waals surface area contributed by atoms with E-state index in [2.05, 4.69) is 26.1 Å². The first kappa shape index (κ1) is 13.1. The molecule has 4 rings (SSSR count). The molecule has 0 fully saturated rings. The van der Waals surface area contributed by atoms with Gasteiger partial charge in [-0.3, -0.25) is 0 Å². The Bertz CT molecular complexity index is 892. The van der Waals surface area contributed by atoms with Crippen molar-refractivity contribution in [2.45, 2.75) is 0 Å². The van der Waals surface area contributed by atoms with Crippen molar-refractivity contribution in [1.29, 1.82) is 0 Å². The molecule has 0 unspecified atom stereocenters. The maximum absolute atomic E-state index is 5.40. The van der Waals surface area contributed by atoms with Gasteiger partial charge in [-0.15, -0.1) is 0 Å². The summed E-state index contributed by atoms with van der Waals surface area (Å²) in [5.74, 6) is 1.42. The normalized spacial score (nSPS) is 11.0. The first-order chi connectivity index (χ1) is 10.8. The van der Waals surface area contributed by atoms with E-state index >= 15 is 0 Å². The Balaban J connectivity index is 1.64. The van der Waals surface area contributed by atoms with Crippen LogP contribution < -0.4 is 0 Å². The molecule has 6 heteroatoms. The van der Waals surface area contributed by atoms with Crippen molar-refractivity contribution < 1.29 is 8.94 Å². The maximum Gasteiger partial charge on any atom is 0.293 e. The molecule has 1 aromatic carbocycles. The Kier molecular flexibility index (Phi) is 3.16. The lowest BCUT2D eigenvalue weighted by Gasteiger charge is -2.02. The summed E-state index contributed by atoms with van der Waals surface area (Å²) >= 11 is 3.25. The lowest BCUT2D eigenvalue weighted by Crippen LogP contribution is -1.89. The van der Waals surface area contributed by atoms with Crippen LogP contribution in [0.15, 0.2) is 74.5 Å². The van der Waals surface area contributed by atoms with Crippen LogP contribution >= 0.6 is 15.9 Å². The van der Waals surface area contributed by atoms with Crippen LogP contribution in [-0.2, 0) is 0 Å². The van der Waals surface area contributed by atoms with E-state index < -0.39 is 0 Å². The molecular formula is C16H10BrN3O2. The predicted molar refractivity (Wildman–Crippen MR) is 84.5 cm³/mol. The number of benzene rings is 1. The van der Waals surface area contributed by atoms with E-state index in [4.69, 9.17) is 8.94 Å². The molecule has 0 atom stereocenters. The van der Waals surface area contributed by atoms with Gasteiger partial charge >= 0.3 is 0 Å². The van der Waals surface area contributed by atoms with Crippen LogP contribution in [0.25, 0.3) is 28.7 Å². The summed E-state index contributed by atoms with van der Waals surface area (Å²) < 4.78 is 13.3.